The zero-order valence-electron chi connectivity index (χ0n) is 17.6. The smallest absolute Gasteiger partial charge is 0.355 e. The van der Waals surface area contributed by atoms with E-state index in [9.17, 15) is 13.2 Å². The predicted octanol–water partition coefficient (Wildman–Crippen LogP) is 5.23. The van der Waals surface area contributed by atoms with Gasteiger partial charge in [0.25, 0.3) is 0 Å². The van der Waals surface area contributed by atoms with Gasteiger partial charge in [-0.2, -0.15) is 13.2 Å². The summed E-state index contributed by atoms with van der Waals surface area (Å²) in [4.78, 5) is 11.7. The van der Waals surface area contributed by atoms with Gasteiger partial charge in [-0.05, 0) is 49.4 Å². The van der Waals surface area contributed by atoms with Gasteiger partial charge in [0, 0.05) is 18.0 Å². The van der Waals surface area contributed by atoms with E-state index in [1.807, 2.05) is 6.07 Å². The van der Waals surface area contributed by atoms with E-state index >= 15 is 0 Å². The number of thiophene rings is 1. The first-order chi connectivity index (χ1) is 14.8. The van der Waals surface area contributed by atoms with Crippen LogP contribution in [0.5, 0.6) is 0 Å². The zero-order valence-corrected chi connectivity index (χ0v) is 18.4. The summed E-state index contributed by atoms with van der Waals surface area (Å²) >= 11 is 1.11. The maximum atomic E-state index is 12.8. The monoisotopic (exact) mass is 448 g/mol. The molecule has 0 radical (unpaired) electrons. The van der Waals surface area contributed by atoms with Crippen molar-refractivity contribution in [1.29, 1.82) is 0 Å². The standard InChI is InChI=1S/C23H27F3N4S/c1-22(8-11-27-10-7-17-5-3-2-4-6-17)9-12-30(15-22)20-19-13-18(14-23(24,25)26)31-21(19)29-16-28-20/h2-6,13,16,27H,7-12,14-15H2,1H3/t22-/m1/s1. The van der Waals surface area contributed by atoms with Crippen LogP contribution in [0.15, 0.2) is 42.7 Å². The van der Waals surface area contributed by atoms with Crippen molar-refractivity contribution in [2.45, 2.75) is 38.8 Å². The van der Waals surface area contributed by atoms with E-state index in [1.54, 1.807) is 6.07 Å². The Hall–Kier alpha value is -2.19. The Morgan fingerprint density at radius 1 is 1.16 bits per heavy atom. The second-order valence-corrected chi connectivity index (χ2v) is 9.75. The SMILES string of the molecule is C[C@@]1(CCNCCc2ccccc2)CCN(c2ncnc3sc(CC(F)(F)F)cc23)C1. The number of aromatic nitrogens is 2. The van der Waals surface area contributed by atoms with E-state index in [2.05, 4.69) is 51.4 Å². The number of rotatable bonds is 8. The molecule has 1 saturated heterocycles. The van der Waals surface area contributed by atoms with Crippen LogP contribution in [0.3, 0.4) is 0 Å². The molecule has 8 heteroatoms. The molecule has 1 aromatic carbocycles. The van der Waals surface area contributed by atoms with Crippen LogP contribution in [-0.2, 0) is 12.8 Å². The molecule has 0 amide bonds. The molecule has 0 saturated carbocycles. The maximum Gasteiger partial charge on any atom is 0.393 e. The van der Waals surface area contributed by atoms with E-state index in [0.29, 0.717) is 4.83 Å². The van der Waals surface area contributed by atoms with E-state index in [-0.39, 0.29) is 10.3 Å². The lowest BCUT2D eigenvalue weighted by Crippen LogP contribution is -2.29. The molecule has 4 rings (SSSR count). The molecule has 31 heavy (non-hydrogen) atoms. The Morgan fingerprint density at radius 3 is 2.74 bits per heavy atom. The van der Waals surface area contributed by atoms with Gasteiger partial charge in [0.15, 0.2) is 0 Å². The normalized spacial score (nSPS) is 19.4. The number of anilines is 1. The van der Waals surface area contributed by atoms with Crippen molar-refractivity contribution in [3.05, 3.63) is 53.2 Å². The topological polar surface area (TPSA) is 41.0 Å². The van der Waals surface area contributed by atoms with E-state index in [4.69, 9.17) is 0 Å². The van der Waals surface area contributed by atoms with Gasteiger partial charge in [0.05, 0.1) is 11.8 Å². The first kappa shape index (κ1) is 22.0. The molecular weight excluding hydrogens is 421 g/mol. The molecule has 4 nitrogen and oxygen atoms in total. The minimum atomic E-state index is -4.21. The third-order valence-corrected chi connectivity index (χ3v) is 6.97. The maximum absolute atomic E-state index is 12.8. The van der Waals surface area contributed by atoms with Crippen LogP contribution >= 0.6 is 11.3 Å². The number of nitrogens with one attached hydrogen (secondary N) is 1. The van der Waals surface area contributed by atoms with Crippen LogP contribution in [0.4, 0.5) is 19.0 Å². The number of nitrogens with zero attached hydrogens (tertiary/aromatic N) is 3. The van der Waals surface area contributed by atoms with Gasteiger partial charge in [-0.1, -0.05) is 37.3 Å². The number of hydrogen-bond donors (Lipinski definition) is 1. The number of halogens is 3. The summed E-state index contributed by atoms with van der Waals surface area (Å²) in [5, 5.41) is 4.28. The first-order valence-electron chi connectivity index (χ1n) is 10.6. The zero-order chi connectivity index (χ0) is 21.9. The predicted molar refractivity (Wildman–Crippen MR) is 120 cm³/mol. The summed E-state index contributed by atoms with van der Waals surface area (Å²) in [6.45, 7) is 5.89. The molecule has 0 bridgehead atoms. The lowest BCUT2D eigenvalue weighted by molar-refractivity contribution is -0.126. The fourth-order valence-electron chi connectivity index (χ4n) is 4.23. The molecule has 3 heterocycles. The van der Waals surface area contributed by atoms with Gasteiger partial charge in [-0.15, -0.1) is 11.3 Å². The van der Waals surface area contributed by atoms with Crippen molar-refractivity contribution in [1.82, 2.24) is 15.3 Å². The Kier molecular flexibility index (Phi) is 6.48. The van der Waals surface area contributed by atoms with Crippen LogP contribution < -0.4 is 10.2 Å². The molecule has 0 unspecified atom stereocenters. The fourth-order valence-corrected chi connectivity index (χ4v) is 5.25. The summed E-state index contributed by atoms with van der Waals surface area (Å²) in [7, 11) is 0. The molecule has 1 aliphatic rings. The number of benzene rings is 1. The quantitative estimate of drug-likeness (QED) is 0.479. The molecule has 1 aliphatic heterocycles. The fraction of sp³-hybridized carbons (Fsp3) is 0.478. The van der Waals surface area contributed by atoms with E-state index in [1.165, 1.54) is 11.9 Å². The van der Waals surface area contributed by atoms with Crippen LogP contribution in [-0.4, -0.2) is 42.3 Å². The van der Waals surface area contributed by atoms with Gasteiger partial charge in [0.2, 0.25) is 0 Å². The third kappa shape index (κ3) is 5.74. The molecular formula is C23H27F3N4S. The summed E-state index contributed by atoms with van der Waals surface area (Å²) in [6, 6.07) is 12.1. The Labute approximate surface area is 184 Å². The molecule has 2 aromatic heterocycles. The highest BCUT2D eigenvalue weighted by atomic mass is 32.1. The van der Waals surface area contributed by atoms with Crippen LogP contribution in [0.2, 0.25) is 0 Å². The molecule has 166 valence electrons. The van der Waals surface area contributed by atoms with Gasteiger partial charge < -0.3 is 10.2 Å². The Balaban J connectivity index is 1.34. The van der Waals surface area contributed by atoms with Crippen molar-refractivity contribution in [2.75, 3.05) is 31.1 Å². The minimum Gasteiger partial charge on any atom is -0.355 e. The summed E-state index contributed by atoms with van der Waals surface area (Å²) in [5.74, 6) is 0.760. The number of alkyl halides is 3. The summed E-state index contributed by atoms with van der Waals surface area (Å²) in [6.07, 6.45) is -0.560. The molecule has 1 atom stereocenters. The van der Waals surface area contributed by atoms with Crippen LogP contribution in [0.25, 0.3) is 10.2 Å². The van der Waals surface area contributed by atoms with Crippen molar-refractivity contribution in [3.8, 4) is 0 Å². The Morgan fingerprint density at radius 2 is 1.97 bits per heavy atom. The largest absolute Gasteiger partial charge is 0.393 e. The lowest BCUT2D eigenvalue weighted by Gasteiger charge is -2.25. The van der Waals surface area contributed by atoms with Crippen molar-refractivity contribution >= 4 is 27.4 Å². The molecule has 1 fully saturated rings. The average Bonchev–Trinajstić information content (AvgIpc) is 3.30. The Bertz CT molecular complexity index is 1000. The average molecular weight is 449 g/mol. The third-order valence-electron chi connectivity index (χ3n) is 5.93. The summed E-state index contributed by atoms with van der Waals surface area (Å²) < 4.78 is 38.4. The number of fused-ring (bicyclic) bond motifs is 1. The molecule has 0 aliphatic carbocycles. The second kappa shape index (κ2) is 9.12. The van der Waals surface area contributed by atoms with E-state index in [0.717, 1.165) is 68.0 Å². The van der Waals surface area contributed by atoms with E-state index < -0.39 is 12.6 Å². The highest BCUT2D eigenvalue weighted by molar-refractivity contribution is 7.18. The molecule has 3 aromatic rings. The van der Waals surface area contributed by atoms with Gasteiger partial charge >= 0.3 is 6.18 Å². The van der Waals surface area contributed by atoms with Gasteiger partial charge in [0.1, 0.15) is 17.0 Å². The lowest BCUT2D eigenvalue weighted by atomic mass is 9.86. The van der Waals surface area contributed by atoms with Gasteiger partial charge in [-0.25, -0.2) is 9.97 Å². The van der Waals surface area contributed by atoms with Crippen molar-refractivity contribution in [2.24, 2.45) is 5.41 Å². The molecule has 0 spiro atoms. The van der Waals surface area contributed by atoms with Crippen LogP contribution in [0, 0.1) is 5.41 Å². The van der Waals surface area contributed by atoms with Crippen molar-refractivity contribution < 1.29 is 13.2 Å². The highest BCUT2D eigenvalue weighted by Crippen LogP contribution is 2.39. The minimum absolute atomic E-state index is 0.155. The van der Waals surface area contributed by atoms with Crippen LogP contribution in [0.1, 0.15) is 30.2 Å². The number of hydrogen-bond acceptors (Lipinski definition) is 5. The first-order valence-corrected chi connectivity index (χ1v) is 11.4. The van der Waals surface area contributed by atoms with Crippen molar-refractivity contribution in [3.63, 3.8) is 0 Å². The highest BCUT2D eigenvalue weighted by Gasteiger charge is 2.35. The summed E-state index contributed by atoms with van der Waals surface area (Å²) in [5.41, 5.74) is 1.49. The molecule has 1 N–H and O–H groups in total. The van der Waals surface area contributed by atoms with Gasteiger partial charge in [-0.3, -0.25) is 0 Å². The second-order valence-electron chi connectivity index (χ2n) is 8.64.